The van der Waals surface area contributed by atoms with Gasteiger partial charge in [0.05, 0.1) is 0 Å². The summed E-state index contributed by atoms with van der Waals surface area (Å²) in [6, 6.07) is 1.67. The second-order valence-electron chi connectivity index (χ2n) is 2.11. The largest absolute Gasteiger partial charge is 0.464 e. The number of rotatable bonds is 2. The average Bonchev–Trinajstić information content (AvgIpc) is 1.99. The first-order valence-corrected chi connectivity index (χ1v) is 3.67. The molecule has 0 spiro atoms. The molecule has 0 amide bonds. The molecule has 12 heavy (non-hydrogen) atoms. The van der Waals surface area contributed by atoms with Gasteiger partial charge in [-0.2, -0.15) is 4.98 Å². The summed E-state index contributed by atoms with van der Waals surface area (Å²) < 4.78 is 5.05. The SMILES string of the molecule is C#CCOc1cc(C)nc(Cl)n1. The second-order valence-corrected chi connectivity index (χ2v) is 2.45. The number of aryl methyl sites for hydroxylation is 1. The van der Waals surface area contributed by atoms with E-state index in [0.29, 0.717) is 5.88 Å². The molecule has 0 saturated heterocycles. The van der Waals surface area contributed by atoms with Crippen molar-refractivity contribution in [3.05, 3.63) is 17.0 Å². The molecule has 0 bridgehead atoms. The molecule has 1 aromatic heterocycles. The number of terminal acetylenes is 1. The Bertz CT molecular complexity index is 299. The summed E-state index contributed by atoms with van der Waals surface area (Å²) in [6.45, 7) is 1.99. The topological polar surface area (TPSA) is 35.0 Å². The molecule has 0 atom stereocenters. The molecule has 0 fully saturated rings. The van der Waals surface area contributed by atoms with Gasteiger partial charge in [0.25, 0.3) is 0 Å². The molecule has 0 aliphatic rings. The van der Waals surface area contributed by atoms with Crippen molar-refractivity contribution in [1.82, 2.24) is 9.97 Å². The predicted octanol–water partition coefficient (Wildman–Crippen LogP) is 1.45. The molecular weight excluding hydrogens is 176 g/mol. The maximum Gasteiger partial charge on any atom is 0.225 e. The summed E-state index contributed by atoms with van der Waals surface area (Å²) in [7, 11) is 0. The quantitative estimate of drug-likeness (QED) is 0.513. The zero-order valence-electron chi connectivity index (χ0n) is 6.54. The Morgan fingerprint density at radius 3 is 3.00 bits per heavy atom. The first-order valence-electron chi connectivity index (χ1n) is 3.30. The number of hydrogen-bond donors (Lipinski definition) is 0. The lowest BCUT2D eigenvalue weighted by atomic mass is 10.4. The number of halogens is 1. The molecule has 0 N–H and O–H groups in total. The van der Waals surface area contributed by atoms with Crippen molar-refractivity contribution < 1.29 is 4.74 Å². The van der Waals surface area contributed by atoms with Crippen molar-refractivity contribution >= 4 is 11.6 Å². The van der Waals surface area contributed by atoms with Crippen LogP contribution in [-0.4, -0.2) is 16.6 Å². The van der Waals surface area contributed by atoms with Crippen LogP contribution in [-0.2, 0) is 0 Å². The molecule has 3 nitrogen and oxygen atoms in total. The van der Waals surface area contributed by atoms with E-state index >= 15 is 0 Å². The number of ether oxygens (including phenoxy) is 1. The van der Waals surface area contributed by atoms with Gasteiger partial charge in [-0.1, -0.05) is 5.92 Å². The number of hydrogen-bond acceptors (Lipinski definition) is 3. The Kier molecular flexibility index (Phi) is 2.89. The normalized spacial score (nSPS) is 9.08. The molecule has 1 aromatic rings. The predicted molar refractivity (Wildman–Crippen MR) is 46.1 cm³/mol. The van der Waals surface area contributed by atoms with Crippen molar-refractivity contribution in [2.24, 2.45) is 0 Å². The zero-order valence-corrected chi connectivity index (χ0v) is 7.30. The van der Waals surface area contributed by atoms with Gasteiger partial charge in [0.1, 0.15) is 0 Å². The third-order valence-electron chi connectivity index (χ3n) is 1.11. The van der Waals surface area contributed by atoms with E-state index in [1.807, 2.05) is 0 Å². The van der Waals surface area contributed by atoms with Gasteiger partial charge in [0.2, 0.25) is 11.2 Å². The number of aromatic nitrogens is 2. The fourth-order valence-corrected chi connectivity index (χ4v) is 0.911. The van der Waals surface area contributed by atoms with Gasteiger partial charge in [0.15, 0.2) is 6.61 Å². The highest BCUT2D eigenvalue weighted by Gasteiger charge is 1.98. The van der Waals surface area contributed by atoms with Crippen LogP contribution in [0.15, 0.2) is 6.07 Å². The van der Waals surface area contributed by atoms with Crippen LogP contribution in [0.1, 0.15) is 5.69 Å². The highest BCUT2D eigenvalue weighted by Crippen LogP contribution is 2.11. The molecule has 0 saturated carbocycles. The standard InChI is InChI=1S/C8H7ClN2O/c1-3-4-12-7-5-6(2)10-8(9)11-7/h1,5H,4H2,2H3. The van der Waals surface area contributed by atoms with Crippen LogP contribution in [0, 0.1) is 19.3 Å². The van der Waals surface area contributed by atoms with E-state index in [2.05, 4.69) is 15.9 Å². The van der Waals surface area contributed by atoms with Crippen LogP contribution in [0.5, 0.6) is 5.88 Å². The van der Waals surface area contributed by atoms with Gasteiger partial charge < -0.3 is 4.74 Å². The molecule has 0 unspecified atom stereocenters. The lowest BCUT2D eigenvalue weighted by Gasteiger charge is -2.01. The minimum atomic E-state index is 0.169. The summed E-state index contributed by atoms with van der Waals surface area (Å²) in [5, 5.41) is 0.169. The van der Waals surface area contributed by atoms with E-state index in [1.54, 1.807) is 13.0 Å². The number of nitrogens with zero attached hydrogens (tertiary/aromatic N) is 2. The van der Waals surface area contributed by atoms with Gasteiger partial charge in [-0.25, -0.2) is 4.98 Å². The van der Waals surface area contributed by atoms with E-state index in [4.69, 9.17) is 22.8 Å². The Morgan fingerprint density at radius 1 is 1.67 bits per heavy atom. The Morgan fingerprint density at radius 2 is 2.42 bits per heavy atom. The maximum absolute atomic E-state index is 5.58. The first kappa shape index (κ1) is 8.82. The molecule has 0 aliphatic carbocycles. The third kappa shape index (κ3) is 2.40. The van der Waals surface area contributed by atoms with E-state index in [1.165, 1.54) is 0 Å². The van der Waals surface area contributed by atoms with Crippen LogP contribution >= 0.6 is 11.6 Å². The van der Waals surface area contributed by atoms with Crippen molar-refractivity contribution in [2.45, 2.75) is 6.92 Å². The first-order chi connectivity index (χ1) is 5.72. The van der Waals surface area contributed by atoms with Crippen LogP contribution in [0.2, 0.25) is 5.28 Å². The van der Waals surface area contributed by atoms with Crippen LogP contribution in [0.25, 0.3) is 0 Å². The van der Waals surface area contributed by atoms with E-state index in [0.717, 1.165) is 5.69 Å². The summed E-state index contributed by atoms with van der Waals surface area (Å²) in [5.41, 5.74) is 0.752. The Balaban J connectivity index is 2.80. The van der Waals surface area contributed by atoms with Gasteiger partial charge >= 0.3 is 0 Å². The smallest absolute Gasteiger partial charge is 0.225 e. The van der Waals surface area contributed by atoms with E-state index in [9.17, 15) is 0 Å². The minimum absolute atomic E-state index is 0.169. The van der Waals surface area contributed by atoms with Crippen molar-refractivity contribution in [3.8, 4) is 18.2 Å². The molecule has 0 aromatic carbocycles. The van der Waals surface area contributed by atoms with Gasteiger partial charge in [-0.3, -0.25) is 0 Å². The van der Waals surface area contributed by atoms with E-state index < -0.39 is 0 Å². The molecule has 0 aliphatic heterocycles. The molecule has 1 heterocycles. The average molecular weight is 183 g/mol. The van der Waals surface area contributed by atoms with Gasteiger partial charge in [-0.15, -0.1) is 6.42 Å². The summed E-state index contributed by atoms with van der Waals surface area (Å²) in [5.74, 6) is 2.74. The minimum Gasteiger partial charge on any atom is -0.464 e. The van der Waals surface area contributed by atoms with Crippen molar-refractivity contribution in [1.29, 1.82) is 0 Å². The molecule has 4 heteroatoms. The Hall–Kier alpha value is -1.27. The third-order valence-corrected chi connectivity index (χ3v) is 1.28. The lowest BCUT2D eigenvalue weighted by Crippen LogP contribution is -1.98. The molecule has 0 radical (unpaired) electrons. The highest BCUT2D eigenvalue weighted by molar-refractivity contribution is 6.28. The maximum atomic E-state index is 5.58. The summed E-state index contributed by atoms with van der Waals surface area (Å²) in [4.78, 5) is 7.67. The Labute approximate surface area is 75.7 Å². The van der Waals surface area contributed by atoms with Crippen LogP contribution < -0.4 is 4.74 Å². The van der Waals surface area contributed by atoms with Crippen LogP contribution in [0.4, 0.5) is 0 Å². The highest BCUT2D eigenvalue weighted by atomic mass is 35.5. The molecular formula is C8H7ClN2O. The van der Waals surface area contributed by atoms with Crippen molar-refractivity contribution in [3.63, 3.8) is 0 Å². The summed E-state index contributed by atoms with van der Waals surface area (Å²) >= 11 is 5.58. The zero-order chi connectivity index (χ0) is 8.97. The summed E-state index contributed by atoms with van der Waals surface area (Å²) in [6.07, 6.45) is 5.00. The molecule has 62 valence electrons. The lowest BCUT2D eigenvalue weighted by molar-refractivity contribution is 0.354. The molecule has 1 rings (SSSR count). The van der Waals surface area contributed by atoms with Gasteiger partial charge in [-0.05, 0) is 18.5 Å². The fourth-order valence-electron chi connectivity index (χ4n) is 0.694. The van der Waals surface area contributed by atoms with Crippen LogP contribution in [0.3, 0.4) is 0 Å². The van der Waals surface area contributed by atoms with Gasteiger partial charge in [0, 0.05) is 11.8 Å². The second kappa shape index (κ2) is 3.93. The van der Waals surface area contributed by atoms with E-state index in [-0.39, 0.29) is 11.9 Å². The van der Waals surface area contributed by atoms with Crippen molar-refractivity contribution in [2.75, 3.05) is 6.61 Å². The monoisotopic (exact) mass is 182 g/mol. The fraction of sp³-hybridized carbons (Fsp3) is 0.250.